The molecule has 4 unspecified atom stereocenters. The molecule has 0 aromatic heterocycles. The Hall–Kier alpha value is -2.62. The summed E-state index contributed by atoms with van der Waals surface area (Å²) in [4.78, 5) is 26.3. The van der Waals surface area contributed by atoms with Crippen LogP contribution in [-0.4, -0.2) is 22.9 Å². The van der Waals surface area contributed by atoms with Gasteiger partial charge in [0.15, 0.2) is 0 Å². The van der Waals surface area contributed by atoms with Gasteiger partial charge >= 0.3 is 5.97 Å². The third-order valence-electron chi connectivity index (χ3n) is 5.18. The largest absolute Gasteiger partial charge is 0.462 e. The lowest BCUT2D eigenvalue weighted by Crippen LogP contribution is -2.49. The smallest absolute Gasteiger partial charge is 0.302 e. The van der Waals surface area contributed by atoms with Crippen LogP contribution in [0.2, 0.25) is 0 Å². The van der Waals surface area contributed by atoms with Gasteiger partial charge in [0.2, 0.25) is 5.91 Å². The average Bonchev–Trinajstić information content (AvgIpc) is 2.63. The first-order valence-electron chi connectivity index (χ1n) is 9.05. The number of benzene rings is 2. The predicted octanol–water partition coefficient (Wildman–Crippen LogP) is 4.29. The van der Waals surface area contributed by atoms with E-state index in [0.717, 1.165) is 11.1 Å². The zero-order chi connectivity index (χ0) is 18.7. The highest BCUT2D eigenvalue weighted by atomic mass is 16.5. The van der Waals surface area contributed by atoms with E-state index in [-0.39, 0.29) is 36.0 Å². The SMILES string of the molecule is CC(=O)OC1CC(c2ccccc2)N(C(C)=O)C(c2ccccc2)C1C. The van der Waals surface area contributed by atoms with Crippen LogP contribution >= 0.6 is 0 Å². The molecular weight excluding hydrogens is 326 g/mol. The summed E-state index contributed by atoms with van der Waals surface area (Å²) in [6.45, 7) is 5.12. The summed E-state index contributed by atoms with van der Waals surface area (Å²) in [7, 11) is 0. The zero-order valence-corrected chi connectivity index (χ0v) is 15.5. The number of esters is 1. The van der Waals surface area contributed by atoms with Crippen molar-refractivity contribution >= 4 is 11.9 Å². The van der Waals surface area contributed by atoms with Crippen molar-refractivity contribution in [3.63, 3.8) is 0 Å². The van der Waals surface area contributed by atoms with Gasteiger partial charge in [0, 0.05) is 26.2 Å². The first kappa shape index (κ1) is 18.2. The molecule has 2 aromatic carbocycles. The second-order valence-electron chi connectivity index (χ2n) is 6.95. The molecule has 4 atom stereocenters. The summed E-state index contributed by atoms with van der Waals surface area (Å²) >= 11 is 0. The van der Waals surface area contributed by atoms with Gasteiger partial charge < -0.3 is 9.64 Å². The summed E-state index contributed by atoms with van der Waals surface area (Å²) in [5.41, 5.74) is 2.13. The maximum Gasteiger partial charge on any atom is 0.302 e. The highest BCUT2D eigenvalue weighted by Gasteiger charge is 2.44. The second kappa shape index (κ2) is 7.73. The van der Waals surface area contributed by atoms with Crippen LogP contribution in [0.1, 0.15) is 50.4 Å². The van der Waals surface area contributed by atoms with Crippen LogP contribution < -0.4 is 0 Å². The van der Waals surface area contributed by atoms with Crippen molar-refractivity contribution in [2.24, 2.45) is 5.92 Å². The Balaban J connectivity index is 2.08. The molecule has 0 aliphatic carbocycles. The standard InChI is InChI=1S/C22H25NO3/c1-15-21(26-17(3)25)14-20(18-10-6-4-7-11-18)23(16(2)24)22(15)19-12-8-5-9-13-19/h4-13,15,20-22H,14H2,1-3H3. The Morgan fingerprint density at radius 2 is 1.46 bits per heavy atom. The first-order valence-corrected chi connectivity index (χ1v) is 9.05. The van der Waals surface area contributed by atoms with E-state index >= 15 is 0 Å². The van der Waals surface area contributed by atoms with E-state index in [1.165, 1.54) is 6.92 Å². The summed E-state index contributed by atoms with van der Waals surface area (Å²) in [6.07, 6.45) is 0.367. The van der Waals surface area contributed by atoms with Gasteiger partial charge in [-0.3, -0.25) is 9.59 Å². The van der Waals surface area contributed by atoms with Crippen molar-refractivity contribution in [2.75, 3.05) is 0 Å². The Morgan fingerprint density at radius 1 is 0.923 bits per heavy atom. The number of amides is 1. The summed E-state index contributed by atoms with van der Waals surface area (Å²) in [5, 5.41) is 0. The maximum atomic E-state index is 12.7. The number of carbonyl (C=O) groups is 2. The van der Waals surface area contributed by atoms with Crippen LogP contribution in [-0.2, 0) is 14.3 Å². The molecule has 1 fully saturated rings. The van der Waals surface area contributed by atoms with Gasteiger partial charge in [-0.1, -0.05) is 67.6 Å². The monoisotopic (exact) mass is 351 g/mol. The summed E-state index contributed by atoms with van der Waals surface area (Å²) < 4.78 is 5.66. The minimum Gasteiger partial charge on any atom is -0.462 e. The normalized spacial score (nSPS) is 25.6. The molecule has 0 bridgehead atoms. The Morgan fingerprint density at radius 3 is 1.96 bits per heavy atom. The van der Waals surface area contributed by atoms with Crippen molar-refractivity contribution in [1.82, 2.24) is 4.90 Å². The predicted molar refractivity (Wildman–Crippen MR) is 100 cm³/mol. The van der Waals surface area contributed by atoms with Crippen molar-refractivity contribution in [3.05, 3.63) is 71.8 Å². The topological polar surface area (TPSA) is 46.6 Å². The van der Waals surface area contributed by atoms with E-state index in [4.69, 9.17) is 4.74 Å². The number of likely N-dealkylation sites (tertiary alicyclic amines) is 1. The van der Waals surface area contributed by atoms with Crippen LogP contribution in [0, 0.1) is 5.92 Å². The lowest BCUT2D eigenvalue weighted by molar-refractivity contribution is -0.161. The lowest BCUT2D eigenvalue weighted by Gasteiger charge is -2.48. The molecule has 26 heavy (non-hydrogen) atoms. The number of rotatable bonds is 3. The van der Waals surface area contributed by atoms with Crippen LogP contribution in [0.5, 0.6) is 0 Å². The molecule has 4 heteroatoms. The van der Waals surface area contributed by atoms with Gasteiger partial charge in [-0.25, -0.2) is 0 Å². The van der Waals surface area contributed by atoms with Gasteiger partial charge in [0.05, 0.1) is 12.1 Å². The van der Waals surface area contributed by atoms with E-state index in [1.807, 2.05) is 65.6 Å². The fourth-order valence-electron chi connectivity index (χ4n) is 4.07. The van der Waals surface area contributed by atoms with Crippen molar-refractivity contribution < 1.29 is 14.3 Å². The van der Waals surface area contributed by atoms with E-state index in [2.05, 4.69) is 6.92 Å². The maximum absolute atomic E-state index is 12.7. The number of hydrogen-bond acceptors (Lipinski definition) is 3. The molecule has 0 spiro atoms. The van der Waals surface area contributed by atoms with Crippen molar-refractivity contribution in [1.29, 1.82) is 0 Å². The molecule has 0 N–H and O–H groups in total. The Labute approximate surface area is 154 Å². The van der Waals surface area contributed by atoms with Gasteiger partial charge in [0.25, 0.3) is 0 Å². The zero-order valence-electron chi connectivity index (χ0n) is 15.5. The van der Waals surface area contributed by atoms with Crippen molar-refractivity contribution in [3.8, 4) is 0 Å². The third kappa shape index (κ3) is 3.64. The molecule has 1 heterocycles. The van der Waals surface area contributed by atoms with E-state index in [0.29, 0.717) is 6.42 Å². The number of hydrogen-bond donors (Lipinski definition) is 0. The van der Waals surface area contributed by atoms with E-state index < -0.39 is 0 Å². The molecule has 2 aromatic rings. The van der Waals surface area contributed by atoms with Gasteiger partial charge in [-0.2, -0.15) is 0 Å². The number of nitrogens with zero attached hydrogens (tertiary/aromatic N) is 1. The molecule has 1 saturated heterocycles. The minimum atomic E-state index is -0.281. The molecule has 1 aliphatic heterocycles. The van der Waals surface area contributed by atoms with E-state index in [1.54, 1.807) is 6.92 Å². The number of piperidine rings is 1. The highest BCUT2D eigenvalue weighted by molar-refractivity contribution is 5.75. The summed E-state index contributed by atoms with van der Waals surface area (Å²) in [6, 6.07) is 19.7. The number of carbonyl (C=O) groups excluding carboxylic acids is 2. The highest BCUT2D eigenvalue weighted by Crippen LogP contribution is 2.46. The number of ether oxygens (including phenoxy) is 1. The van der Waals surface area contributed by atoms with Crippen molar-refractivity contribution in [2.45, 2.75) is 45.4 Å². The third-order valence-corrected chi connectivity index (χ3v) is 5.18. The van der Waals surface area contributed by atoms with E-state index in [9.17, 15) is 9.59 Å². The summed E-state index contributed by atoms with van der Waals surface area (Å²) in [5.74, 6) is -0.247. The molecule has 0 radical (unpaired) electrons. The van der Waals surface area contributed by atoms with Crippen LogP contribution in [0.15, 0.2) is 60.7 Å². The van der Waals surface area contributed by atoms with Gasteiger partial charge in [-0.15, -0.1) is 0 Å². The average molecular weight is 351 g/mol. The molecule has 4 nitrogen and oxygen atoms in total. The second-order valence-corrected chi connectivity index (χ2v) is 6.95. The van der Waals surface area contributed by atoms with Crippen LogP contribution in [0.25, 0.3) is 0 Å². The molecule has 0 saturated carbocycles. The molecular formula is C22H25NO3. The Bertz CT molecular complexity index is 759. The Kier molecular flexibility index (Phi) is 5.40. The molecule has 1 aliphatic rings. The molecule has 1 amide bonds. The quantitative estimate of drug-likeness (QED) is 0.775. The fourth-order valence-corrected chi connectivity index (χ4v) is 4.07. The minimum absolute atomic E-state index is 0.00478. The lowest BCUT2D eigenvalue weighted by atomic mass is 9.78. The molecule has 3 rings (SSSR count). The molecule has 136 valence electrons. The first-order chi connectivity index (χ1) is 12.5. The van der Waals surface area contributed by atoms with Crippen LogP contribution in [0.4, 0.5) is 0 Å². The van der Waals surface area contributed by atoms with Crippen LogP contribution in [0.3, 0.4) is 0 Å². The van der Waals surface area contributed by atoms with Gasteiger partial charge in [-0.05, 0) is 11.1 Å². The van der Waals surface area contributed by atoms with Gasteiger partial charge in [0.1, 0.15) is 6.10 Å². The fraction of sp³-hybridized carbons (Fsp3) is 0.364.